The van der Waals surface area contributed by atoms with Gasteiger partial charge in [-0.15, -0.1) is 0 Å². The van der Waals surface area contributed by atoms with Gasteiger partial charge in [-0.3, -0.25) is 0 Å². The molecule has 0 atom stereocenters. The van der Waals surface area contributed by atoms with Crippen LogP contribution in [0.5, 0.6) is 17.2 Å². The molecule has 3 aromatic rings. The molecule has 0 aliphatic rings. The predicted molar refractivity (Wildman–Crippen MR) is 97.2 cm³/mol. The van der Waals surface area contributed by atoms with E-state index < -0.39 is 5.97 Å². The number of carbonyl (C=O) groups is 1. The van der Waals surface area contributed by atoms with E-state index in [9.17, 15) is 4.79 Å². The summed E-state index contributed by atoms with van der Waals surface area (Å²) in [4.78, 5) is 12.4. The Bertz CT molecular complexity index is 894. The van der Waals surface area contributed by atoms with E-state index in [0.717, 1.165) is 5.56 Å². The lowest BCUT2D eigenvalue weighted by Gasteiger charge is -2.13. The number of carbonyl (C=O) groups excluding carboxylic acids is 1. The van der Waals surface area contributed by atoms with E-state index in [-0.39, 0.29) is 12.2 Å². The Morgan fingerprint density at radius 3 is 2.22 bits per heavy atom. The van der Waals surface area contributed by atoms with Crippen LogP contribution in [-0.2, 0) is 11.3 Å². The first kappa shape index (κ1) is 18.3. The van der Waals surface area contributed by atoms with Crippen molar-refractivity contribution in [3.63, 3.8) is 0 Å². The van der Waals surface area contributed by atoms with Crippen LogP contribution >= 0.6 is 0 Å². The van der Waals surface area contributed by atoms with Crippen molar-refractivity contribution in [2.45, 2.75) is 6.61 Å². The molecular weight excluding hydrogens is 350 g/mol. The summed E-state index contributed by atoms with van der Waals surface area (Å²) >= 11 is 0. The third kappa shape index (κ3) is 4.03. The van der Waals surface area contributed by atoms with Crippen molar-refractivity contribution in [3.05, 3.63) is 59.8 Å². The largest absolute Gasteiger partial charge is 0.493 e. The molecule has 140 valence electrons. The molecule has 0 radical (unpaired) electrons. The fourth-order valence-electron chi connectivity index (χ4n) is 2.54. The van der Waals surface area contributed by atoms with Gasteiger partial charge in [0.15, 0.2) is 17.3 Å². The quantitative estimate of drug-likeness (QED) is 0.587. The highest BCUT2D eigenvalue weighted by Crippen LogP contribution is 2.38. The number of benzene rings is 2. The van der Waals surface area contributed by atoms with Crippen LogP contribution in [0.25, 0.3) is 11.3 Å². The molecule has 7 nitrogen and oxygen atoms in total. The first-order valence-electron chi connectivity index (χ1n) is 8.14. The number of rotatable bonds is 7. The maximum atomic E-state index is 12.4. The Hall–Kier alpha value is -3.48. The second-order valence-corrected chi connectivity index (χ2v) is 5.54. The summed E-state index contributed by atoms with van der Waals surface area (Å²) in [6.07, 6.45) is 0. The smallest absolute Gasteiger partial charge is 0.338 e. The molecule has 0 N–H and O–H groups in total. The molecule has 1 aromatic heterocycles. The average molecular weight is 369 g/mol. The third-order valence-corrected chi connectivity index (χ3v) is 3.87. The molecule has 0 aliphatic carbocycles. The Labute approximate surface area is 156 Å². The van der Waals surface area contributed by atoms with E-state index >= 15 is 0 Å². The van der Waals surface area contributed by atoms with Crippen molar-refractivity contribution in [2.75, 3.05) is 21.3 Å². The molecule has 7 heteroatoms. The number of esters is 1. The van der Waals surface area contributed by atoms with Crippen LogP contribution < -0.4 is 14.2 Å². The van der Waals surface area contributed by atoms with Gasteiger partial charge in [0.05, 0.1) is 26.9 Å². The highest BCUT2D eigenvalue weighted by Gasteiger charge is 2.18. The summed E-state index contributed by atoms with van der Waals surface area (Å²) in [5.74, 6) is 1.21. The van der Waals surface area contributed by atoms with Crippen LogP contribution in [0, 0.1) is 0 Å². The van der Waals surface area contributed by atoms with Crippen molar-refractivity contribution in [1.82, 2.24) is 5.16 Å². The molecule has 2 aromatic carbocycles. The second-order valence-electron chi connectivity index (χ2n) is 5.54. The third-order valence-electron chi connectivity index (χ3n) is 3.87. The summed E-state index contributed by atoms with van der Waals surface area (Å²) in [6, 6.07) is 14.3. The van der Waals surface area contributed by atoms with Crippen LogP contribution in [0.3, 0.4) is 0 Å². The van der Waals surface area contributed by atoms with Gasteiger partial charge >= 0.3 is 5.97 Å². The minimum atomic E-state index is -0.543. The number of methoxy groups -OCH3 is 3. The molecule has 0 saturated carbocycles. The number of aromatic nitrogens is 1. The first-order chi connectivity index (χ1) is 13.2. The van der Waals surface area contributed by atoms with Gasteiger partial charge in [-0.1, -0.05) is 35.5 Å². The molecule has 0 aliphatic heterocycles. The van der Waals surface area contributed by atoms with Gasteiger partial charge in [0.25, 0.3) is 0 Å². The van der Waals surface area contributed by atoms with E-state index in [4.69, 9.17) is 23.5 Å². The average Bonchev–Trinajstić information content (AvgIpc) is 3.20. The summed E-state index contributed by atoms with van der Waals surface area (Å²) in [5.41, 5.74) is 1.68. The van der Waals surface area contributed by atoms with Gasteiger partial charge < -0.3 is 23.5 Å². The lowest BCUT2D eigenvalue weighted by atomic mass is 10.1. The van der Waals surface area contributed by atoms with Gasteiger partial charge in [0.1, 0.15) is 12.3 Å². The topological polar surface area (TPSA) is 80.0 Å². The van der Waals surface area contributed by atoms with E-state index in [1.807, 2.05) is 30.3 Å². The van der Waals surface area contributed by atoms with Gasteiger partial charge in [0, 0.05) is 11.6 Å². The van der Waals surface area contributed by atoms with Crippen molar-refractivity contribution in [2.24, 2.45) is 0 Å². The minimum Gasteiger partial charge on any atom is -0.493 e. The summed E-state index contributed by atoms with van der Waals surface area (Å²) < 4.78 is 26.3. The van der Waals surface area contributed by atoms with Crippen molar-refractivity contribution in [1.29, 1.82) is 0 Å². The molecule has 27 heavy (non-hydrogen) atoms. The zero-order chi connectivity index (χ0) is 19.2. The zero-order valence-electron chi connectivity index (χ0n) is 15.2. The van der Waals surface area contributed by atoms with E-state index in [0.29, 0.717) is 28.7 Å². The van der Waals surface area contributed by atoms with Crippen LogP contribution in [0.2, 0.25) is 0 Å². The van der Waals surface area contributed by atoms with Gasteiger partial charge in [-0.05, 0) is 12.1 Å². The zero-order valence-corrected chi connectivity index (χ0v) is 15.2. The highest BCUT2D eigenvalue weighted by atomic mass is 16.5. The summed E-state index contributed by atoms with van der Waals surface area (Å²) in [5, 5.41) is 3.93. The molecule has 3 rings (SSSR count). The molecule has 0 amide bonds. The van der Waals surface area contributed by atoms with E-state index in [1.54, 1.807) is 6.07 Å². The van der Waals surface area contributed by atoms with Crippen molar-refractivity contribution in [3.8, 4) is 28.6 Å². The maximum absolute atomic E-state index is 12.4. The number of hydrogen-bond donors (Lipinski definition) is 0. The van der Waals surface area contributed by atoms with Crippen LogP contribution in [0.15, 0.2) is 53.1 Å². The Balaban J connectivity index is 1.72. The van der Waals surface area contributed by atoms with Crippen LogP contribution in [0.1, 0.15) is 16.1 Å². The highest BCUT2D eigenvalue weighted by molar-refractivity contribution is 5.91. The molecule has 0 spiro atoms. The van der Waals surface area contributed by atoms with E-state index in [2.05, 4.69) is 5.16 Å². The molecule has 0 saturated heterocycles. The first-order valence-corrected chi connectivity index (χ1v) is 8.14. The molecule has 0 bridgehead atoms. The van der Waals surface area contributed by atoms with Gasteiger partial charge in [-0.2, -0.15) is 0 Å². The summed E-state index contributed by atoms with van der Waals surface area (Å²) in [6.45, 7) is -0.0220. The minimum absolute atomic E-state index is 0.0220. The van der Waals surface area contributed by atoms with Gasteiger partial charge in [-0.25, -0.2) is 4.79 Å². The van der Waals surface area contributed by atoms with Crippen molar-refractivity contribution < 1.29 is 28.3 Å². The number of hydrogen-bond acceptors (Lipinski definition) is 7. The molecular formula is C20H19NO6. The van der Waals surface area contributed by atoms with Gasteiger partial charge in [0.2, 0.25) is 5.75 Å². The lowest BCUT2D eigenvalue weighted by molar-refractivity contribution is 0.0463. The molecule has 1 heterocycles. The fourth-order valence-corrected chi connectivity index (χ4v) is 2.54. The molecule has 0 unspecified atom stereocenters. The standard InChI is InChI=1S/C20H19NO6/c1-23-17-9-14(10-18(24-2)19(17)25-3)20(22)26-12-15-11-16(27-21-15)13-7-5-4-6-8-13/h4-11H,12H2,1-3H3. The Kier molecular flexibility index (Phi) is 5.61. The number of nitrogens with zero attached hydrogens (tertiary/aromatic N) is 1. The lowest BCUT2D eigenvalue weighted by Crippen LogP contribution is -2.07. The Morgan fingerprint density at radius 2 is 1.63 bits per heavy atom. The summed E-state index contributed by atoms with van der Waals surface area (Å²) in [7, 11) is 4.45. The SMILES string of the molecule is COc1cc(C(=O)OCc2cc(-c3ccccc3)on2)cc(OC)c1OC. The normalized spacial score (nSPS) is 10.3. The fraction of sp³-hybridized carbons (Fsp3) is 0.200. The Morgan fingerprint density at radius 1 is 0.963 bits per heavy atom. The van der Waals surface area contributed by atoms with E-state index in [1.165, 1.54) is 33.5 Å². The molecule has 0 fully saturated rings. The monoisotopic (exact) mass is 369 g/mol. The van der Waals surface area contributed by atoms with Crippen molar-refractivity contribution >= 4 is 5.97 Å². The van der Waals surface area contributed by atoms with Crippen LogP contribution in [0.4, 0.5) is 0 Å². The predicted octanol–water partition coefficient (Wildman–Crippen LogP) is 3.72. The maximum Gasteiger partial charge on any atom is 0.338 e. The second kappa shape index (κ2) is 8.27. The number of ether oxygens (including phenoxy) is 4. The van der Waals surface area contributed by atoms with Crippen LogP contribution in [-0.4, -0.2) is 32.5 Å².